The number of ether oxygens (including phenoxy) is 1. The molecule has 0 aromatic carbocycles. The van der Waals surface area contributed by atoms with Crippen molar-refractivity contribution in [3.05, 3.63) is 18.2 Å². The van der Waals surface area contributed by atoms with Gasteiger partial charge in [-0.25, -0.2) is 4.98 Å². The lowest BCUT2D eigenvalue weighted by atomic mass is 10.2. The molecular formula is C9H15N3O2. The van der Waals surface area contributed by atoms with Crippen molar-refractivity contribution in [2.24, 2.45) is 5.73 Å². The van der Waals surface area contributed by atoms with Gasteiger partial charge >= 0.3 is 5.97 Å². The zero-order chi connectivity index (χ0) is 10.6. The number of aromatic nitrogens is 2. The Morgan fingerprint density at radius 3 is 3.00 bits per heavy atom. The second-order valence-corrected chi connectivity index (χ2v) is 3.09. The van der Waals surface area contributed by atoms with Gasteiger partial charge in [0.2, 0.25) is 0 Å². The molecule has 0 aliphatic carbocycles. The maximum atomic E-state index is 11.0. The summed E-state index contributed by atoms with van der Waals surface area (Å²) in [7, 11) is 1.34. The Bertz CT molecular complexity index is 309. The Morgan fingerprint density at radius 2 is 2.50 bits per heavy atom. The lowest BCUT2D eigenvalue weighted by Gasteiger charge is -2.10. The van der Waals surface area contributed by atoms with Crippen molar-refractivity contribution < 1.29 is 9.53 Å². The van der Waals surface area contributed by atoms with E-state index in [9.17, 15) is 4.79 Å². The molecule has 0 aliphatic rings. The number of rotatable bonds is 4. The fraction of sp³-hybridized carbons (Fsp3) is 0.556. The van der Waals surface area contributed by atoms with Crippen molar-refractivity contribution in [1.29, 1.82) is 0 Å². The normalized spacial score (nSPS) is 12.5. The van der Waals surface area contributed by atoms with E-state index in [0.29, 0.717) is 13.0 Å². The quantitative estimate of drug-likeness (QED) is 0.694. The third-order valence-electron chi connectivity index (χ3n) is 2.11. The Kier molecular flexibility index (Phi) is 3.64. The molecule has 0 fully saturated rings. The molecule has 0 radical (unpaired) electrons. The first-order valence-electron chi connectivity index (χ1n) is 4.46. The maximum Gasteiger partial charge on any atom is 0.322 e. The third-order valence-corrected chi connectivity index (χ3v) is 2.11. The Hall–Kier alpha value is -1.36. The Balaban J connectivity index is 2.41. The topological polar surface area (TPSA) is 70.1 Å². The highest BCUT2D eigenvalue weighted by Gasteiger charge is 2.13. The van der Waals surface area contributed by atoms with E-state index in [-0.39, 0.29) is 5.97 Å². The number of nitrogens with zero attached hydrogens (tertiary/aromatic N) is 2. The lowest BCUT2D eigenvalue weighted by Crippen LogP contribution is -2.32. The van der Waals surface area contributed by atoms with Crippen LogP contribution in [0.2, 0.25) is 0 Å². The van der Waals surface area contributed by atoms with E-state index in [2.05, 4.69) is 9.72 Å². The molecular weight excluding hydrogens is 182 g/mol. The first kappa shape index (κ1) is 10.7. The van der Waals surface area contributed by atoms with Gasteiger partial charge in [0, 0.05) is 18.9 Å². The van der Waals surface area contributed by atoms with Crippen LogP contribution in [0.4, 0.5) is 0 Å². The third kappa shape index (κ3) is 2.56. The summed E-state index contributed by atoms with van der Waals surface area (Å²) in [6.07, 6.45) is 4.14. The summed E-state index contributed by atoms with van der Waals surface area (Å²) < 4.78 is 6.47. The first-order chi connectivity index (χ1) is 6.65. The molecule has 1 rings (SSSR count). The Labute approximate surface area is 82.9 Å². The highest BCUT2D eigenvalue weighted by molar-refractivity contribution is 5.75. The fourth-order valence-corrected chi connectivity index (χ4v) is 1.19. The van der Waals surface area contributed by atoms with Gasteiger partial charge in [0.1, 0.15) is 11.9 Å². The van der Waals surface area contributed by atoms with Gasteiger partial charge in [0.05, 0.1) is 7.11 Å². The van der Waals surface area contributed by atoms with Crippen molar-refractivity contribution in [2.45, 2.75) is 25.9 Å². The second kappa shape index (κ2) is 4.76. The predicted molar refractivity (Wildman–Crippen MR) is 51.6 cm³/mol. The number of hydrogen-bond acceptors (Lipinski definition) is 4. The second-order valence-electron chi connectivity index (χ2n) is 3.09. The van der Waals surface area contributed by atoms with Crippen molar-refractivity contribution in [1.82, 2.24) is 9.55 Å². The van der Waals surface area contributed by atoms with Crippen LogP contribution in [0.1, 0.15) is 12.2 Å². The van der Waals surface area contributed by atoms with Gasteiger partial charge in [-0.3, -0.25) is 4.79 Å². The molecule has 2 N–H and O–H groups in total. The minimum absolute atomic E-state index is 0.372. The summed E-state index contributed by atoms with van der Waals surface area (Å²) in [6, 6.07) is -0.554. The van der Waals surface area contributed by atoms with Crippen LogP contribution in [-0.4, -0.2) is 28.7 Å². The number of nitrogens with two attached hydrogens (primary N) is 1. The SMILES string of the molecule is COC(=O)C(N)CCn1ccnc1C. The standard InChI is InChI=1S/C9H15N3O2/c1-7-11-4-6-12(7)5-3-8(10)9(13)14-2/h4,6,8H,3,5,10H2,1-2H3. The van der Waals surface area contributed by atoms with Crippen LogP contribution >= 0.6 is 0 Å². The average molecular weight is 197 g/mol. The molecule has 1 aromatic rings. The molecule has 5 heteroatoms. The van der Waals surface area contributed by atoms with Crippen LogP contribution in [0.25, 0.3) is 0 Å². The van der Waals surface area contributed by atoms with Gasteiger partial charge in [-0.15, -0.1) is 0 Å². The van der Waals surface area contributed by atoms with E-state index in [1.165, 1.54) is 7.11 Å². The minimum Gasteiger partial charge on any atom is -0.468 e. The molecule has 5 nitrogen and oxygen atoms in total. The van der Waals surface area contributed by atoms with Gasteiger partial charge in [0.15, 0.2) is 0 Å². The highest BCUT2D eigenvalue weighted by Crippen LogP contribution is 2.00. The van der Waals surface area contributed by atoms with Crippen LogP contribution < -0.4 is 5.73 Å². The number of carbonyl (C=O) groups is 1. The summed E-state index contributed by atoms with van der Waals surface area (Å²) in [4.78, 5) is 15.0. The van der Waals surface area contributed by atoms with Crippen LogP contribution in [0.15, 0.2) is 12.4 Å². The summed E-state index contributed by atoms with van der Waals surface area (Å²) in [5, 5.41) is 0. The van der Waals surface area contributed by atoms with Crippen LogP contribution in [0.5, 0.6) is 0 Å². The number of aryl methyl sites for hydroxylation is 2. The van der Waals surface area contributed by atoms with E-state index in [1.807, 2.05) is 17.7 Å². The molecule has 1 heterocycles. The smallest absolute Gasteiger partial charge is 0.322 e. The van der Waals surface area contributed by atoms with Crippen molar-refractivity contribution in [3.8, 4) is 0 Å². The first-order valence-corrected chi connectivity index (χ1v) is 4.46. The van der Waals surface area contributed by atoms with Crippen LogP contribution in [-0.2, 0) is 16.1 Å². The molecule has 0 bridgehead atoms. The molecule has 78 valence electrons. The summed E-state index contributed by atoms with van der Waals surface area (Å²) in [5.74, 6) is 0.546. The van der Waals surface area contributed by atoms with Crippen LogP contribution in [0.3, 0.4) is 0 Å². The molecule has 14 heavy (non-hydrogen) atoms. The van der Waals surface area contributed by atoms with E-state index in [1.54, 1.807) is 6.20 Å². The number of methoxy groups -OCH3 is 1. The Morgan fingerprint density at radius 1 is 1.79 bits per heavy atom. The van der Waals surface area contributed by atoms with E-state index >= 15 is 0 Å². The number of esters is 1. The summed E-state index contributed by atoms with van der Waals surface area (Å²) in [6.45, 7) is 2.59. The van der Waals surface area contributed by atoms with Gasteiger partial charge in [-0.2, -0.15) is 0 Å². The average Bonchev–Trinajstić information content (AvgIpc) is 2.59. The molecule has 1 unspecified atom stereocenters. The number of hydrogen-bond donors (Lipinski definition) is 1. The molecule has 0 amide bonds. The van der Waals surface area contributed by atoms with Gasteiger partial charge in [0.25, 0.3) is 0 Å². The molecule has 0 saturated carbocycles. The zero-order valence-electron chi connectivity index (χ0n) is 8.43. The van der Waals surface area contributed by atoms with Crippen molar-refractivity contribution in [3.63, 3.8) is 0 Å². The largest absolute Gasteiger partial charge is 0.468 e. The summed E-state index contributed by atoms with van der Waals surface area (Å²) in [5.41, 5.74) is 5.59. The zero-order valence-corrected chi connectivity index (χ0v) is 8.43. The van der Waals surface area contributed by atoms with Crippen molar-refractivity contribution in [2.75, 3.05) is 7.11 Å². The predicted octanol–water partition coefficient (Wildman–Crippen LogP) is 0.0819. The van der Waals surface area contributed by atoms with Gasteiger partial charge in [-0.1, -0.05) is 0 Å². The maximum absolute atomic E-state index is 11.0. The molecule has 1 aromatic heterocycles. The fourth-order valence-electron chi connectivity index (χ4n) is 1.19. The number of carbonyl (C=O) groups excluding carboxylic acids is 1. The molecule has 1 atom stereocenters. The molecule has 0 saturated heterocycles. The lowest BCUT2D eigenvalue weighted by molar-refractivity contribution is -0.142. The van der Waals surface area contributed by atoms with Crippen LogP contribution in [0, 0.1) is 6.92 Å². The van der Waals surface area contributed by atoms with Gasteiger partial charge in [-0.05, 0) is 13.3 Å². The molecule has 0 aliphatic heterocycles. The van der Waals surface area contributed by atoms with Gasteiger partial charge < -0.3 is 15.0 Å². The van der Waals surface area contributed by atoms with E-state index in [4.69, 9.17) is 5.73 Å². The van der Waals surface area contributed by atoms with E-state index in [0.717, 1.165) is 5.82 Å². The number of imidazole rings is 1. The highest BCUT2D eigenvalue weighted by atomic mass is 16.5. The molecule has 0 spiro atoms. The summed E-state index contributed by atoms with van der Waals surface area (Å²) >= 11 is 0. The van der Waals surface area contributed by atoms with Crippen molar-refractivity contribution >= 4 is 5.97 Å². The van der Waals surface area contributed by atoms with E-state index < -0.39 is 6.04 Å². The monoisotopic (exact) mass is 197 g/mol. The minimum atomic E-state index is -0.554.